The first-order chi connectivity index (χ1) is 13.8. The van der Waals surface area contributed by atoms with Gasteiger partial charge in [-0.1, -0.05) is 18.1 Å². The molecule has 0 radical (unpaired) electrons. The number of rotatable bonds is 8. The Balaban J connectivity index is 1.49. The van der Waals surface area contributed by atoms with E-state index < -0.39 is 0 Å². The van der Waals surface area contributed by atoms with Crippen LogP contribution >= 0.6 is 0 Å². The zero-order valence-corrected chi connectivity index (χ0v) is 16.2. The summed E-state index contributed by atoms with van der Waals surface area (Å²) >= 11 is 0. The van der Waals surface area contributed by atoms with Crippen molar-refractivity contribution < 1.29 is 18.9 Å². The summed E-state index contributed by atoms with van der Waals surface area (Å²) in [6, 6.07) is 7.88. The van der Waals surface area contributed by atoms with Gasteiger partial charge in [0.2, 0.25) is 5.82 Å². The lowest BCUT2D eigenvalue weighted by molar-refractivity contribution is -0.105. The van der Waals surface area contributed by atoms with Crippen LogP contribution in [-0.2, 0) is 14.2 Å². The largest absolute Gasteiger partial charge is 0.465 e. The summed E-state index contributed by atoms with van der Waals surface area (Å²) in [7, 11) is 0. The Bertz CT molecular complexity index is 760. The maximum absolute atomic E-state index is 5.86. The number of benzene rings is 1. The van der Waals surface area contributed by atoms with E-state index in [1.807, 2.05) is 31.2 Å². The predicted molar refractivity (Wildman–Crippen MR) is 106 cm³/mol. The summed E-state index contributed by atoms with van der Waals surface area (Å²) in [5.41, 5.74) is 1.95. The second-order valence-corrected chi connectivity index (χ2v) is 6.28. The molecule has 1 aromatic heterocycles. The fraction of sp³-hybridized carbons (Fsp3) is 0.455. The van der Waals surface area contributed by atoms with Gasteiger partial charge >= 0.3 is 0 Å². The van der Waals surface area contributed by atoms with Gasteiger partial charge in [0.25, 0.3) is 0 Å². The van der Waals surface area contributed by atoms with E-state index in [1.54, 1.807) is 12.4 Å². The molecule has 0 amide bonds. The predicted octanol–water partition coefficient (Wildman–Crippen LogP) is 3.45. The SMILES string of the molecule is CCOCCOCC#Cc1ncc(-c2ccc(OC3CCCCO3)cc2)cn1. The Morgan fingerprint density at radius 3 is 2.54 bits per heavy atom. The van der Waals surface area contributed by atoms with Gasteiger partial charge in [0.1, 0.15) is 12.4 Å². The van der Waals surface area contributed by atoms with Gasteiger partial charge in [-0.15, -0.1) is 0 Å². The van der Waals surface area contributed by atoms with Crippen molar-refractivity contribution in [1.29, 1.82) is 0 Å². The molecule has 0 aliphatic carbocycles. The molecule has 1 fully saturated rings. The Hall–Kier alpha value is -2.46. The van der Waals surface area contributed by atoms with Crippen LogP contribution in [0.2, 0.25) is 0 Å². The lowest BCUT2D eigenvalue weighted by Crippen LogP contribution is -2.24. The van der Waals surface area contributed by atoms with Crippen molar-refractivity contribution in [1.82, 2.24) is 9.97 Å². The molecule has 1 aliphatic heterocycles. The van der Waals surface area contributed by atoms with Gasteiger partial charge < -0.3 is 18.9 Å². The van der Waals surface area contributed by atoms with Crippen molar-refractivity contribution in [2.75, 3.05) is 33.0 Å². The molecule has 0 bridgehead atoms. The molecule has 28 heavy (non-hydrogen) atoms. The van der Waals surface area contributed by atoms with Gasteiger partial charge in [0.05, 0.1) is 19.8 Å². The highest BCUT2D eigenvalue weighted by atomic mass is 16.7. The zero-order chi connectivity index (χ0) is 19.4. The molecule has 0 N–H and O–H groups in total. The minimum absolute atomic E-state index is 0.135. The number of hydrogen-bond acceptors (Lipinski definition) is 6. The Labute approximate surface area is 166 Å². The van der Waals surface area contributed by atoms with Gasteiger partial charge in [-0.25, -0.2) is 9.97 Å². The van der Waals surface area contributed by atoms with E-state index in [1.165, 1.54) is 0 Å². The third-order valence-electron chi connectivity index (χ3n) is 4.20. The molecule has 1 aromatic carbocycles. The summed E-state index contributed by atoms with van der Waals surface area (Å²) in [6.45, 7) is 4.88. The molecule has 6 heteroatoms. The zero-order valence-electron chi connectivity index (χ0n) is 16.2. The normalized spacial score (nSPS) is 16.2. The minimum Gasteiger partial charge on any atom is -0.465 e. The van der Waals surface area contributed by atoms with Gasteiger partial charge in [-0.2, -0.15) is 0 Å². The number of aromatic nitrogens is 2. The van der Waals surface area contributed by atoms with E-state index in [2.05, 4.69) is 21.8 Å². The molecule has 1 aliphatic rings. The standard InChI is InChI=1S/C22H26N2O4/c1-2-25-14-15-26-12-5-6-21-23-16-19(17-24-21)18-8-10-20(11-9-18)28-22-7-3-4-13-27-22/h8-11,16-17,22H,2-4,7,12-15H2,1H3. The number of nitrogens with zero attached hydrogens (tertiary/aromatic N) is 2. The van der Waals surface area contributed by atoms with E-state index in [4.69, 9.17) is 18.9 Å². The Kier molecular flexibility index (Phi) is 8.26. The van der Waals surface area contributed by atoms with Gasteiger partial charge in [0.15, 0.2) is 6.29 Å². The van der Waals surface area contributed by atoms with E-state index >= 15 is 0 Å². The smallest absolute Gasteiger partial charge is 0.204 e. The highest BCUT2D eigenvalue weighted by Crippen LogP contribution is 2.23. The molecular formula is C22H26N2O4. The average molecular weight is 382 g/mol. The highest BCUT2D eigenvalue weighted by molar-refractivity contribution is 5.62. The van der Waals surface area contributed by atoms with Crippen LogP contribution in [0.15, 0.2) is 36.7 Å². The summed E-state index contributed by atoms with van der Waals surface area (Å²) in [5, 5.41) is 0. The first kappa shape index (κ1) is 20.3. The molecule has 1 atom stereocenters. The average Bonchev–Trinajstić information content (AvgIpc) is 2.75. The monoisotopic (exact) mass is 382 g/mol. The molecule has 3 rings (SSSR count). The molecule has 2 heterocycles. The fourth-order valence-electron chi connectivity index (χ4n) is 2.72. The fourth-order valence-corrected chi connectivity index (χ4v) is 2.72. The van der Waals surface area contributed by atoms with Gasteiger partial charge in [-0.3, -0.25) is 0 Å². The topological polar surface area (TPSA) is 62.7 Å². The van der Waals surface area contributed by atoms with Crippen molar-refractivity contribution >= 4 is 0 Å². The summed E-state index contributed by atoms with van der Waals surface area (Å²) in [4.78, 5) is 8.60. The van der Waals surface area contributed by atoms with Crippen molar-refractivity contribution in [3.8, 4) is 28.7 Å². The van der Waals surface area contributed by atoms with Gasteiger partial charge in [0, 0.05) is 31.0 Å². The minimum atomic E-state index is -0.135. The van der Waals surface area contributed by atoms with Crippen molar-refractivity contribution in [2.24, 2.45) is 0 Å². The third-order valence-corrected chi connectivity index (χ3v) is 4.20. The lowest BCUT2D eigenvalue weighted by atomic mass is 10.1. The first-order valence-corrected chi connectivity index (χ1v) is 9.70. The first-order valence-electron chi connectivity index (χ1n) is 9.70. The number of ether oxygens (including phenoxy) is 4. The molecule has 0 spiro atoms. The van der Waals surface area contributed by atoms with E-state index in [0.717, 1.165) is 42.7 Å². The summed E-state index contributed by atoms with van der Waals surface area (Å²) in [6.07, 6.45) is 6.61. The molecule has 2 aromatic rings. The van der Waals surface area contributed by atoms with Crippen molar-refractivity contribution in [3.05, 3.63) is 42.5 Å². The second kappa shape index (κ2) is 11.4. The van der Waals surface area contributed by atoms with Crippen LogP contribution in [0.25, 0.3) is 11.1 Å². The molecule has 1 saturated heterocycles. The second-order valence-electron chi connectivity index (χ2n) is 6.28. The van der Waals surface area contributed by atoms with E-state index in [-0.39, 0.29) is 6.29 Å². The number of hydrogen-bond donors (Lipinski definition) is 0. The van der Waals surface area contributed by atoms with E-state index in [9.17, 15) is 0 Å². The quantitative estimate of drug-likeness (QED) is 0.515. The van der Waals surface area contributed by atoms with Crippen molar-refractivity contribution in [2.45, 2.75) is 32.5 Å². The highest BCUT2D eigenvalue weighted by Gasteiger charge is 2.15. The van der Waals surface area contributed by atoms with Crippen LogP contribution in [-0.4, -0.2) is 49.3 Å². The Morgan fingerprint density at radius 2 is 1.82 bits per heavy atom. The molecular weight excluding hydrogens is 356 g/mol. The summed E-state index contributed by atoms with van der Waals surface area (Å²) in [5.74, 6) is 7.09. The van der Waals surface area contributed by atoms with Crippen LogP contribution in [0.1, 0.15) is 32.0 Å². The van der Waals surface area contributed by atoms with Crippen LogP contribution in [0.3, 0.4) is 0 Å². The van der Waals surface area contributed by atoms with Crippen LogP contribution in [0.5, 0.6) is 5.75 Å². The summed E-state index contributed by atoms with van der Waals surface area (Å²) < 4.78 is 22.0. The van der Waals surface area contributed by atoms with Gasteiger partial charge in [-0.05, 0) is 43.4 Å². The molecule has 6 nitrogen and oxygen atoms in total. The third kappa shape index (κ3) is 6.61. The Morgan fingerprint density at radius 1 is 1.04 bits per heavy atom. The van der Waals surface area contributed by atoms with Crippen LogP contribution < -0.4 is 4.74 Å². The van der Waals surface area contributed by atoms with E-state index in [0.29, 0.717) is 32.3 Å². The van der Waals surface area contributed by atoms with Crippen molar-refractivity contribution in [3.63, 3.8) is 0 Å². The molecule has 0 saturated carbocycles. The lowest BCUT2D eigenvalue weighted by Gasteiger charge is -2.23. The van der Waals surface area contributed by atoms with Crippen LogP contribution in [0, 0.1) is 11.8 Å². The molecule has 1 unspecified atom stereocenters. The molecule has 148 valence electrons. The maximum atomic E-state index is 5.86. The maximum Gasteiger partial charge on any atom is 0.204 e. The van der Waals surface area contributed by atoms with Crippen LogP contribution in [0.4, 0.5) is 0 Å².